The molecule has 0 radical (unpaired) electrons. The summed E-state index contributed by atoms with van der Waals surface area (Å²) in [6, 6.07) is 10.1. The number of carbonyl (C=O) groups excluding carboxylic acids is 2. The van der Waals surface area contributed by atoms with Crippen molar-refractivity contribution in [1.82, 2.24) is 14.5 Å². The lowest BCUT2D eigenvalue weighted by Gasteiger charge is -2.36. The van der Waals surface area contributed by atoms with Crippen molar-refractivity contribution in [2.45, 2.75) is 43.7 Å². The van der Waals surface area contributed by atoms with Gasteiger partial charge in [-0.2, -0.15) is 4.31 Å². The van der Waals surface area contributed by atoms with Gasteiger partial charge in [0.1, 0.15) is 11.4 Å². The van der Waals surface area contributed by atoms with Gasteiger partial charge in [0.25, 0.3) is 5.91 Å². The number of hydrogen-bond donors (Lipinski definition) is 1. The number of hydrogen-bond acceptors (Lipinski definition) is 4. The molecule has 0 atom stereocenters. The molecule has 9 heteroatoms. The molecule has 2 aliphatic heterocycles. The van der Waals surface area contributed by atoms with Crippen molar-refractivity contribution < 1.29 is 22.4 Å². The molecule has 1 spiro atoms. The minimum absolute atomic E-state index is 0.0390. The average molecular weight is 446 g/mol. The lowest BCUT2D eigenvalue weighted by atomic mass is 9.88. The standard InChI is InChI=1S/C22H24FN3O4S/c1-15-3-8-19(13-16(15)2)31(29,30)25-11-9-22(10-12-25)20(27)26(21(28)24-22)14-17-4-6-18(23)7-5-17/h3-8,13H,9-12,14H2,1-2H3,(H,24,28). The van der Waals surface area contributed by atoms with E-state index in [9.17, 15) is 22.4 Å². The van der Waals surface area contributed by atoms with Crippen LogP contribution in [0.3, 0.4) is 0 Å². The molecular weight excluding hydrogens is 421 g/mol. The fraction of sp³-hybridized carbons (Fsp3) is 0.364. The van der Waals surface area contributed by atoms with Crippen molar-refractivity contribution in [2.24, 2.45) is 0 Å². The number of rotatable bonds is 4. The first-order chi connectivity index (χ1) is 14.6. The molecule has 2 fully saturated rings. The zero-order valence-electron chi connectivity index (χ0n) is 17.4. The van der Waals surface area contributed by atoms with Crippen molar-refractivity contribution in [2.75, 3.05) is 13.1 Å². The molecule has 164 valence electrons. The number of aryl methyl sites for hydroxylation is 2. The monoisotopic (exact) mass is 445 g/mol. The van der Waals surface area contributed by atoms with Crippen molar-refractivity contribution in [3.05, 3.63) is 65.0 Å². The number of imide groups is 1. The Morgan fingerprint density at radius 3 is 2.26 bits per heavy atom. The molecule has 0 aromatic heterocycles. The Bertz CT molecular complexity index is 1140. The van der Waals surface area contributed by atoms with Crippen molar-refractivity contribution in [3.63, 3.8) is 0 Å². The second-order valence-corrected chi connectivity index (χ2v) is 10.1. The predicted octanol–water partition coefficient (Wildman–Crippen LogP) is 2.72. The number of halogens is 1. The van der Waals surface area contributed by atoms with Crippen LogP contribution in [0.2, 0.25) is 0 Å². The summed E-state index contributed by atoms with van der Waals surface area (Å²) in [4.78, 5) is 26.9. The molecule has 2 aliphatic rings. The largest absolute Gasteiger partial charge is 0.325 e. The van der Waals surface area contributed by atoms with Crippen LogP contribution in [-0.4, -0.2) is 48.2 Å². The van der Waals surface area contributed by atoms with Crippen LogP contribution in [0.1, 0.15) is 29.5 Å². The third-order valence-electron chi connectivity index (χ3n) is 6.19. The summed E-state index contributed by atoms with van der Waals surface area (Å²) >= 11 is 0. The van der Waals surface area contributed by atoms with Gasteiger partial charge in [0.05, 0.1) is 11.4 Å². The molecule has 0 unspecified atom stereocenters. The lowest BCUT2D eigenvalue weighted by Crippen LogP contribution is -2.55. The number of nitrogens with one attached hydrogen (secondary N) is 1. The van der Waals surface area contributed by atoms with Gasteiger partial charge in [0.15, 0.2) is 0 Å². The molecule has 2 saturated heterocycles. The molecule has 31 heavy (non-hydrogen) atoms. The molecule has 2 aromatic carbocycles. The topological polar surface area (TPSA) is 86.8 Å². The number of piperidine rings is 1. The summed E-state index contributed by atoms with van der Waals surface area (Å²) in [5.41, 5.74) is 1.43. The van der Waals surface area contributed by atoms with Crippen LogP contribution in [0.25, 0.3) is 0 Å². The summed E-state index contributed by atoms with van der Waals surface area (Å²) in [6.07, 6.45) is 0.392. The number of sulfonamides is 1. The van der Waals surface area contributed by atoms with Gasteiger partial charge in [-0.05, 0) is 67.6 Å². The first-order valence-corrected chi connectivity index (χ1v) is 11.5. The van der Waals surface area contributed by atoms with Crippen LogP contribution >= 0.6 is 0 Å². The maximum absolute atomic E-state index is 13.1. The minimum atomic E-state index is -3.68. The summed E-state index contributed by atoms with van der Waals surface area (Å²) in [5, 5.41) is 2.77. The summed E-state index contributed by atoms with van der Waals surface area (Å²) in [6.45, 7) is 4.08. The molecule has 0 aliphatic carbocycles. The van der Waals surface area contributed by atoms with Gasteiger partial charge < -0.3 is 5.32 Å². The van der Waals surface area contributed by atoms with E-state index in [1.54, 1.807) is 18.2 Å². The van der Waals surface area contributed by atoms with Gasteiger partial charge in [-0.1, -0.05) is 18.2 Å². The first kappa shape index (κ1) is 21.5. The molecule has 4 rings (SSSR count). The van der Waals surface area contributed by atoms with Crippen LogP contribution in [0.5, 0.6) is 0 Å². The Labute approximate surface area is 180 Å². The third kappa shape index (κ3) is 3.83. The van der Waals surface area contributed by atoms with E-state index in [1.165, 1.54) is 28.6 Å². The maximum Gasteiger partial charge on any atom is 0.325 e. The SMILES string of the molecule is Cc1ccc(S(=O)(=O)N2CCC3(CC2)NC(=O)N(Cc2ccc(F)cc2)C3=O)cc1C. The molecule has 1 N–H and O–H groups in total. The van der Waals surface area contributed by atoms with Gasteiger partial charge >= 0.3 is 6.03 Å². The van der Waals surface area contributed by atoms with E-state index in [-0.39, 0.29) is 43.3 Å². The summed E-state index contributed by atoms with van der Waals surface area (Å²) in [5.74, 6) is -0.764. The van der Waals surface area contributed by atoms with Crippen molar-refractivity contribution in [3.8, 4) is 0 Å². The zero-order chi connectivity index (χ0) is 22.4. The van der Waals surface area contributed by atoms with E-state index in [0.29, 0.717) is 5.56 Å². The quantitative estimate of drug-likeness (QED) is 0.734. The fourth-order valence-corrected chi connectivity index (χ4v) is 5.59. The smallest absolute Gasteiger partial charge is 0.323 e. The Morgan fingerprint density at radius 1 is 1.00 bits per heavy atom. The minimum Gasteiger partial charge on any atom is -0.323 e. The summed E-state index contributed by atoms with van der Waals surface area (Å²) in [7, 11) is -3.68. The van der Waals surface area contributed by atoms with E-state index in [2.05, 4.69) is 5.32 Å². The molecule has 0 bridgehead atoms. The van der Waals surface area contributed by atoms with Gasteiger partial charge in [-0.25, -0.2) is 17.6 Å². The molecule has 2 aromatic rings. The zero-order valence-corrected chi connectivity index (χ0v) is 18.2. The average Bonchev–Trinajstić information content (AvgIpc) is 2.96. The molecule has 3 amide bonds. The predicted molar refractivity (Wildman–Crippen MR) is 112 cm³/mol. The van der Waals surface area contributed by atoms with Crippen molar-refractivity contribution in [1.29, 1.82) is 0 Å². The van der Waals surface area contributed by atoms with Crippen LogP contribution in [0.15, 0.2) is 47.4 Å². The van der Waals surface area contributed by atoms with Gasteiger partial charge in [0.2, 0.25) is 10.0 Å². The van der Waals surface area contributed by atoms with Crippen molar-refractivity contribution >= 4 is 22.0 Å². The number of amides is 3. The first-order valence-electron chi connectivity index (χ1n) is 10.1. The Balaban J connectivity index is 1.48. The van der Waals surface area contributed by atoms with E-state index >= 15 is 0 Å². The van der Waals surface area contributed by atoms with Crippen LogP contribution < -0.4 is 5.32 Å². The lowest BCUT2D eigenvalue weighted by molar-refractivity contribution is -0.133. The highest BCUT2D eigenvalue weighted by Gasteiger charge is 2.53. The highest BCUT2D eigenvalue weighted by atomic mass is 32.2. The van der Waals surface area contributed by atoms with Crippen LogP contribution in [0, 0.1) is 19.7 Å². The van der Waals surface area contributed by atoms with Crippen LogP contribution in [-0.2, 0) is 21.4 Å². The summed E-state index contributed by atoms with van der Waals surface area (Å²) < 4.78 is 40.6. The van der Waals surface area contributed by atoms with E-state index in [4.69, 9.17) is 0 Å². The van der Waals surface area contributed by atoms with Gasteiger partial charge in [0, 0.05) is 13.1 Å². The van der Waals surface area contributed by atoms with E-state index < -0.39 is 27.4 Å². The second kappa shape index (κ2) is 7.72. The van der Waals surface area contributed by atoms with Gasteiger partial charge in [-0.15, -0.1) is 0 Å². The Morgan fingerprint density at radius 2 is 1.65 bits per heavy atom. The normalized spacial score (nSPS) is 19.1. The third-order valence-corrected chi connectivity index (χ3v) is 8.09. The number of benzene rings is 2. The van der Waals surface area contributed by atoms with Gasteiger partial charge in [-0.3, -0.25) is 9.69 Å². The molecular formula is C22H24FN3O4S. The highest BCUT2D eigenvalue weighted by molar-refractivity contribution is 7.89. The maximum atomic E-state index is 13.1. The molecule has 0 saturated carbocycles. The molecule has 2 heterocycles. The number of carbonyl (C=O) groups is 2. The van der Waals surface area contributed by atoms with Crippen LogP contribution in [0.4, 0.5) is 9.18 Å². The highest BCUT2D eigenvalue weighted by Crippen LogP contribution is 2.33. The fourth-order valence-electron chi connectivity index (χ4n) is 4.06. The molecule has 7 nitrogen and oxygen atoms in total. The Hall–Kier alpha value is -2.78. The second-order valence-electron chi connectivity index (χ2n) is 8.18. The number of urea groups is 1. The Kier molecular flexibility index (Phi) is 5.35. The number of nitrogens with zero attached hydrogens (tertiary/aromatic N) is 2. The van der Waals surface area contributed by atoms with E-state index in [0.717, 1.165) is 16.0 Å². The van der Waals surface area contributed by atoms with E-state index in [1.807, 2.05) is 13.8 Å².